The van der Waals surface area contributed by atoms with Gasteiger partial charge in [0.2, 0.25) is 11.6 Å². The lowest BCUT2D eigenvalue weighted by Gasteiger charge is -2.26. The highest BCUT2D eigenvalue weighted by Gasteiger charge is 2.59. The molecule has 16 heteroatoms. The number of nitrogen functional groups attached to an aromatic ring is 1. The van der Waals surface area contributed by atoms with E-state index in [2.05, 4.69) is 15.0 Å². The number of benzene rings is 1. The van der Waals surface area contributed by atoms with Crippen molar-refractivity contribution in [2.24, 2.45) is 5.92 Å². The van der Waals surface area contributed by atoms with E-state index in [4.69, 9.17) is 27.0 Å². The highest BCUT2D eigenvalue weighted by atomic mass is 31.2. The van der Waals surface area contributed by atoms with Crippen LogP contribution in [0.1, 0.15) is 29.7 Å². The number of aromatic nitrogens is 4. The maximum atomic E-state index is 16.1. The van der Waals surface area contributed by atoms with Crippen LogP contribution < -0.4 is 15.8 Å². The van der Waals surface area contributed by atoms with Gasteiger partial charge in [-0.2, -0.15) is 4.98 Å². The second kappa shape index (κ2) is 11.6. The van der Waals surface area contributed by atoms with Crippen LogP contribution in [0.5, 0.6) is 5.75 Å². The molecule has 6 atom stereocenters. The van der Waals surface area contributed by atoms with Gasteiger partial charge in [-0.15, -0.1) is 0 Å². The Labute approximate surface area is 230 Å². The summed E-state index contributed by atoms with van der Waals surface area (Å²) in [6.07, 6.45) is -7.24. The third-order valence-corrected chi connectivity index (χ3v) is 7.79. The highest BCUT2D eigenvalue weighted by Crippen LogP contribution is 2.51. The first-order valence-corrected chi connectivity index (χ1v) is 13.9. The zero-order chi connectivity index (χ0) is 31.0. The minimum atomic E-state index is -4.65. The Morgan fingerprint density at radius 3 is 2.73 bits per heavy atom. The van der Waals surface area contributed by atoms with Crippen molar-refractivity contribution in [1.82, 2.24) is 19.5 Å². The van der Waals surface area contributed by atoms with Crippen molar-refractivity contribution in [2.45, 2.75) is 51.0 Å². The van der Waals surface area contributed by atoms with Crippen LogP contribution in [0.3, 0.4) is 0 Å². The molecule has 0 bridgehead atoms. The van der Waals surface area contributed by atoms with Crippen molar-refractivity contribution in [1.29, 1.82) is 0 Å². The monoisotopic (exact) mass is 587 g/mol. The minimum Gasteiger partial charge on any atom is -0.463 e. The molecule has 13 nitrogen and oxygen atoms in total. The normalized spacial score (nSPS) is 26.2. The van der Waals surface area contributed by atoms with Crippen LogP contribution in [0.25, 0.3) is 11.2 Å². The lowest BCUT2D eigenvalue weighted by Crippen LogP contribution is -2.45. The molecule has 3 heterocycles. The third-order valence-electron chi connectivity index (χ3n) is 5.92. The number of halogens is 2. The second-order valence-electron chi connectivity index (χ2n) is 9.48. The lowest BCUT2D eigenvalue weighted by molar-refractivity contribution is -0.151. The Bertz CT molecular complexity index is 1540. The number of aromatic amines is 1. The summed E-state index contributed by atoms with van der Waals surface area (Å²) in [5.74, 6) is -2.26. The van der Waals surface area contributed by atoms with Crippen molar-refractivity contribution in [3.63, 3.8) is 0 Å². The number of para-hydroxylation sites is 1. The summed E-state index contributed by atoms with van der Waals surface area (Å²) in [6, 6.07) is 7.52. The molecule has 0 radical (unpaired) electrons. The van der Waals surface area contributed by atoms with Crippen molar-refractivity contribution in [2.75, 3.05) is 25.1 Å². The van der Waals surface area contributed by atoms with E-state index in [0.717, 1.165) is 10.9 Å². The van der Waals surface area contributed by atoms with Crippen LogP contribution in [-0.2, 0) is 23.4 Å². The maximum Gasteiger partial charge on any atom is 0.380 e. The van der Waals surface area contributed by atoms with Crippen molar-refractivity contribution >= 4 is 30.7 Å². The van der Waals surface area contributed by atoms with Crippen LogP contribution in [0.15, 0.2) is 41.5 Å². The number of carbonyl (C=O) groups excluding carboxylic acids is 1. The van der Waals surface area contributed by atoms with Gasteiger partial charge in [-0.1, -0.05) is 25.1 Å². The molecule has 1 aliphatic rings. The van der Waals surface area contributed by atoms with E-state index in [9.17, 15) is 23.7 Å². The number of carbonyl (C=O) groups is 1. The summed E-state index contributed by atoms with van der Waals surface area (Å²) < 4.78 is 83.5. The van der Waals surface area contributed by atoms with Gasteiger partial charge < -0.3 is 24.8 Å². The fourth-order valence-electron chi connectivity index (χ4n) is 4.00. The summed E-state index contributed by atoms with van der Waals surface area (Å²) in [5, 5.41) is 10.8. The number of imidazole rings is 1. The first kappa shape index (κ1) is 26.8. The fraction of sp³-hybridized carbons (Fsp3) is 0.500. The lowest BCUT2D eigenvalue weighted by atomic mass is 9.97. The molecular formula is C24H30F2N5O8P. The van der Waals surface area contributed by atoms with Gasteiger partial charge in [-0.25, -0.2) is 18.3 Å². The van der Waals surface area contributed by atoms with E-state index in [0.29, 0.717) is 0 Å². The summed E-state index contributed by atoms with van der Waals surface area (Å²) in [7, 11) is -4.65. The standard InChI is InChI=1S/C24H30F2N5O8P/c1-13(2)37-21(34)14(3)10-40(35,39-15-7-5-4-6-8-15)36-9-16-18(32)24(26,11-25)22(38-16)31-12-28-17-19(31)29-23(27)30-20(17)33/h4-8,12-14,16,18,22,32H,9-11H2,1-3H3,(H3,27,29,30,33)/t14-,16-,18+,22-,24?,40-/m1/s1/i9D2. The van der Waals surface area contributed by atoms with Gasteiger partial charge >= 0.3 is 13.6 Å². The van der Waals surface area contributed by atoms with Crippen LogP contribution in [0, 0.1) is 5.92 Å². The smallest absolute Gasteiger partial charge is 0.380 e. The first-order valence-electron chi connectivity index (χ1n) is 13.2. The molecule has 4 N–H and O–H groups in total. The van der Waals surface area contributed by atoms with Gasteiger partial charge in [-0.05, 0) is 26.0 Å². The summed E-state index contributed by atoms with van der Waals surface area (Å²) in [6.45, 7) is -0.603. The van der Waals surface area contributed by atoms with Gasteiger partial charge in [-0.3, -0.25) is 23.7 Å². The molecule has 0 aliphatic carbocycles. The number of nitrogens with zero attached hydrogens (tertiary/aromatic N) is 3. The van der Waals surface area contributed by atoms with E-state index in [-0.39, 0.29) is 22.9 Å². The number of nitrogens with one attached hydrogen (secondary N) is 1. The topological polar surface area (TPSA) is 181 Å². The number of anilines is 1. The molecule has 0 spiro atoms. The average molecular weight is 588 g/mol. The molecule has 1 unspecified atom stereocenters. The molecule has 0 amide bonds. The zero-order valence-electron chi connectivity index (χ0n) is 23.7. The van der Waals surface area contributed by atoms with E-state index >= 15 is 4.39 Å². The van der Waals surface area contributed by atoms with E-state index < -0.39 is 74.6 Å². The fourth-order valence-corrected chi connectivity index (χ4v) is 5.71. The number of rotatable bonds is 11. The molecule has 1 saturated heterocycles. The Morgan fingerprint density at radius 1 is 1.38 bits per heavy atom. The van der Waals surface area contributed by atoms with E-state index in [1.165, 1.54) is 19.1 Å². The quantitative estimate of drug-likeness (QED) is 0.222. The molecule has 40 heavy (non-hydrogen) atoms. The van der Waals surface area contributed by atoms with Gasteiger partial charge in [0.1, 0.15) is 24.6 Å². The van der Waals surface area contributed by atoms with Crippen LogP contribution >= 0.6 is 7.60 Å². The first-order chi connectivity index (χ1) is 19.6. The summed E-state index contributed by atoms with van der Waals surface area (Å²) in [5.41, 5.74) is 0.824. The number of esters is 1. The van der Waals surface area contributed by atoms with E-state index in [1.807, 2.05) is 0 Å². The molecule has 4 rings (SSSR count). The largest absolute Gasteiger partial charge is 0.463 e. The Balaban J connectivity index is 1.68. The molecule has 218 valence electrons. The number of aliphatic hydroxyl groups is 1. The molecule has 1 fully saturated rings. The van der Waals surface area contributed by atoms with E-state index in [1.54, 1.807) is 32.0 Å². The molecule has 1 aliphatic heterocycles. The van der Waals surface area contributed by atoms with Crippen LogP contribution in [0.2, 0.25) is 0 Å². The Kier molecular flexibility index (Phi) is 7.78. The molecule has 1 aromatic carbocycles. The number of H-pyrrole nitrogens is 1. The Morgan fingerprint density at radius 2 is 2.08 bits per heavy atom. The van der Waals surface area contributed by atoms with Crippen molar-refractivity contribution < 1.29 is 44.5 Å². The van der Waals surface area contributed by atoms with Gasteiger partial charge in [0.15, 0.2) is 17.4 Å². The second-order valence-corrected chi connectivity index (χ2v) is 11.4. The number of ether oxygens (including phenoxy) is 2. The predicted molar refractivity (Wildman–Crippen MR) is 138 cm³/mol. The summed E-state index contributed by atoms with van der Waals surface area (Å²) in [4.78, 5) is 34.5. The summed E-state index contributed by atoms with van der Waals surface area (Å²) >= 11 is 0. The van der Waals surface area contributed by atoms with Crippen LogP contribution in [0.4, 0.5) is 14.7 Å². The number of fused-ring (bicyclic) bond motifs is 1. The number of aliphatic hydroxyl groups excluding tert-OH is 1. The van der Waals surface area contributed by atoms with Crippen molar-refractivity contribution in [3.05, 3.63) is 47.0 Å². The molecule has 0 saturated carbocycles. The number of hydrogen-bond acceptors (Lipinski definition) is 11. The predicted octanol–water partition coefficient (Wildman–Crippen LogP) is 2.51. The maximum absolute atomic E-state index is 16.1. The Hall–Kier alpha value is -3.39. The number of nitrogens with two attached hydrogens (primary N) is 1. The molecule has 2 aromatic heterocycles. The number of alkyl halides is 2. The molecular weight excluding hydrogens is 555 g/mol. The van der Waals surface area contributed by atoms with Gasteiger partial charge in [0.25, 0.3) is 5.56 Å². The zero-order valence-corrected chi connectivity index (χ0v) is 22.6. The highest BCUT2D eigenvalue weighted by molar-refractivity contribution is 7.54. The molecule has 3 aromatic rings. The SMILES string of the molecule is [2H]C([2H])(O[P@](=O)(C[C@@H](C)C(=O)OC(C)C)Oc1ccccc1)[C@H]1O[C@@H](n2cnc3c(=O)[nH]c(N)nc32)C(F)(CF)[C@H]1O. The third kappa shape index (κ3) is 6.02. The van der Waals surface area contributed by atoms with Crippen molar-refractivity contribution in [3.8, 4) is 5.75 Å². The van der Waals surface area contributed by atoms with Gasteiger partial charge in [0, 0.05) is 0 Å². The van der Waals surface area contributed by atoms with Crippen LogP contribution in [-0.4, -0.2) is 74.0 Å². The minimum absolute atomic E-state index is 0.00538. The van der Waals surface area contributed by atoms with Gasteiger partial charge in [0.05, 0.1) is 33.8 Å². The number of hydrogen-bond donors (Lipinski definition) is 3. The average Bonchev–Trinajstić information content (AvgIpc) is 3.42.